The maximum Gasteiger partial charge on any atom is 0.433 e. The fraction of sp³-hybridized carbons (Fsp3) is 0.0769. The Bertz CT molecular complexity index is 782. The van der Waals surface area contributed by atoms with E-state index in [4.69, 9.17) is 9.15 Å². The molecule has 1 aromatic carbocycles. The lowest BCUT2D eigenvalue weighted by Crippen LogP contribution is -2.24. The van der Waals surface area contributed by atoms with Crippen LogP contribution >= 0.6 is 0 Å². The fourth-order valence-electron chi connectivity index (χ4n) is 1.52. The van der Waals surface area contributed by atoms with Gasteiger partial charge in [0.1, 0.15) is 10.7 Å². The second-order valence-electron chi connectivity index (χ2n) is 4.27. The molecule has 1 amide bonds. The van der Waals surface area contributed by atoms with E-state index in [1.54, 1.807) is 0 Å². The topological polar surface area (TPSA) is 150 Å². The van der Waals surface area contributed by atoms with Crippen molar-refractivity contribution in [1.29, 1.82) is 0 Å². The number of non-ortho nitro benzene ring substituents is 1. The molecule has 0 unspecified atom stereocenters. The largest absolute Gasteiger partial charge is 0.484 e. The highest BCUT2D eigenvalue weighted by Crippen LogP contribution is 2.17. The summed E-state index contributed by atoms with van der Waals surface area (Å²) in [6.07, 6.45) is 1.09. The quantitative estimate of drug-likeness (QED) is 0.459. The van der Waals surface area contributed by atoms with Gasteiger partial charge in [0.05, 0.1) is 17.2 Å². The summed E-state index contributed by atoms with van der Waals surface area (Å²) in [6, 6.07) is 7.68. The Morgan fingerprint density at radius 1 is 1.17 bits per heavy atom. The SMILES string of the molecule is O=C(COc1ccc([N+](=O)[O-])cc1)NN=Cc1ccc([N+](=O)[O-])o1. The first-order valence-electron chi connectivity index (χ1n) is 6.39. The van der Waals surface area contributed by atoms with Crippen LogP contribution in [0.4, 0.5) is 11.6 Å². The van der Waals surface area contributed by atoms with Crippen LogP contribution < -0.4 is 10.2 Å². The number of amides is 1. The van der Waals surface area contributed by atoms with Gasteiger partial charge in [0, 0.05) is 12.1 Å². The molecule has 2 aromatic rings. The monoisotopic (exact) mass is 334 g/mol. The number of furan rings is 1. The van der Waals surface area contributed by atoms with E-state index < -0.39 is 21.6 Å². The molecule has 0 spiro atoms. The van der Waals surface area contributed by atoms with Gasteiger partial charge in [-0.2, -0.15) is 5.10 Å². The molecule has 0 fully saturated rings. The first-order valence-corrected chi connectivity index (χ1v) is 6.39. The van der Waals surface area contributed by atoms with Gasteiger partial charge in [0.25, 0.3) is 11.6 Å². The zero-order chi connectivity index (χ0) is 17.5. The predicted molar refractivity (Wildman–Crippen MR) is 79.7 cm³/mol. The molecular formula is C13H10N4O7. The van der Waals surface area contributed by atoms with Crippen LogP contribution in [0.2, 0.25) is 0 Å². The number of carbonyl (C=O) groups excluding carboxylic acids is 1. The molecule has 2 rings (SSSR count). The lowest BCUT2D eigenvalue weighted by molar-refractivity contribution is -0.402. The number of hydrogen-bond donors (Lipinski definition) is 1. The third kappa shape index (κ3) is 4.62. The standard InChI is InChI=1S/C13H10N4O7/c18-12(8-23-10-3-1-9(2-4-10)16(19)20)15-14-7-11-5-6-13(24-11)17(21)22/h1-7H,8H2,(H,15,18). The first kappa shape index (κ1) is 16.6. The van der Waals surface area contributed by atoms with Crippen molar-refractivity contribution in [2.75, 3.05) is 6.61 Å². The van der Waals surface area contributed by atoms with Crippen LogP contribution in [0.5, 0.6) is 5.75 Å². The summed E-state index contributed by atoms with van der Waals surface area (Å²) in [5.41, 5.74) is 2.04. The van der Waals surface area contributed by atoms with Gasteiger partial charge in [-0.1, -0.05) is 0 Å². The van der Waals surface area contributed by atoms with Crippen LogP contribution in [-0.4, -0.2) is 28.6 Å². The molecule has 0 bridgehead atoms. The van der Waals surface area contributed by atoms with Crippen molar-refractivity contribution in [2.24, 2.45) is 5.10 Å². The summed E-state index contributed by atoms with van der Waals surface area (Å²) >= 11 is 0. The summed E-state index contributed by atoms with van der Waals surface area (Å²) in [6.45, 7) is -0.368. The van der Waals surface area contributed by atoms with Crippen LogP contribution in [0.1, 0.15) is 5.76 Å². The number of rotatable bonds is 7. The van der Waals surface area contributed by atoms with E-state index >= 15 is 0 Å². The van der Waals surface area contributed by atoms with Gasteiger partial charge in [0.15, 0.2) is 12.4 Å². The Hall–Kier alpha value is -3.76. The minimum atomic E-state index is -0.700. The summed E-state index contributed by atoms with van der Waals surface area (Å²) in [7, 11) is 0. The fourth-order valence-corrected chi connectivity index (χ4v) is 1.52. The van der Waals surface area contributed by atoms with E-state index in [9.17, 15) is 25.0 Å². The number of carbonyl (C=O) groups is 1. The number of nitrogens with zero attached hydrogens (tertiary/aromatic N) is 3. The van der Waals surface area contributed by atoms with Crippen molar-refractivity contribution in [3.8, 4) is 5.75 Å². The molecule has 0 saturated carbocycles. The molecular weight excluding hydrogens is 324 g/mol. The van der Waals surface area contributed by atoms with Gasteiger partial charge in [-0.15, -0.1) is 0 Å². The van der Waals surface area contributed by atoms with Crippen molar-refractivity contribution in [2.45, 2.75) is 0 Å². The van der Waals surface area contributed by atoms with Crippen LogP contribution in [0.25, 0.3) is 0 Å². The summed E-state index contributed by atoms with van der Waals surface area (Å²) in [5, 5.41) is 24.5. The van der Waals surface area contributed by atoms with Crippen LogP contribution in [0, 0.1) is 20.2 Å². The number of benzene rings is 1. The van der Waals surface area contributed by atoms with Gasteiger partial charge < -0.3 is 9.15 Å². The van der Waals surface area contributed by atoms with E-state index in [1.807, 2.05) is 0 Å². The first-order chi connectivity index (χ1) is 11.5. The van der Waals surface area contributed by atoms with Crippen LogP contribution in [-0.2, 0) is 4.79 Å². The Morgan fingerprint density at radius 2 is 1.88 bits per heavy atom. The van der Waals surface area contributed by atoms with Crippen molar-refractivity contribution >= 4 is 23.7 Å². The zero-order valence-electron chi connectivity index (χ0n) is 11.9. The number of nitrogens with one attached hydrogen (secondary N) is 1. The third-order valence-corrected chi connectivity index (χ3v) is 2.59. The van der Waals surface area contributed by atoms with Gasteiger partial charge in [-0.3, -0.25) is 25.0 Å². The van der Waals surface area contributed by atoms with Crippen molar-refractivity contribution in [1.82, 2.24) is 5.43 Å². The molecule has 1 heterocycles. The van der Waals surface area contributed by atoms with Gasteiger partial charge in [0.2, 0.25) is 0 Å². The predicted octanol–water partition coefficient (Wildman–Crippen LogP) is 1.63. The molecule has 0 aliphatic heterocycles. The maximum atomic E-state index is 11.5. The summed E-state index contributed by atoms with van der Waals surface area (Å²) in [4.78, 5) is 31.2. The van der Waals surface area contributed by atoms with E-state index in [1.165, 1.54) is 30.3 Å². The van der Waals surface area contributed by atoms with Crippen LogP contribution in [0.15, 0.2) is 45.9 Å². The molecule has 0 aliphatic rings. The molecule has 11 heteroatoms. The molecule has 11 nitrogen and oxygen atoms in total. The van der Waals surface area contributed by atoms with E-state index in [0.29, 0.717) is 0 Å². The number of nitro groups is 2. The second-order valence-corrected chi connectivity index (χ2v) is 4.27. The molecule has 1 N–H and O–H groups in total. The molecule has 1 aromatic heterocycles. The number of ether oxygens (including phenoxy) is 1. The zero-order valence-corrected chi connectivity index (χ0v) is 11.9. The number of hydrazone groups is 1. The Balaban J connectivity index is 1.79. The van der Waals surface area contributed by atoms with Crippen molar-refractivity contribution in [3.05, 3.63) is 62.4 Å². The second kappa shape index (κ2) is 7.49. The average molecular weight is 334 g/mol. The van der Waals surface area contributed by atoms with Crippen molar-refractivity contribution < 1.29 is 23.8 Å². The van der Waals surface area contributed by atoms with E-state index in [2.05, 4.69) is 10.5 Å². The lowest BCUT2D eigenvalue weighted by atomic mass is 10.3. The average Bonchev–Trinajstić information content (AvgIpc) is 3.02. The van der Waals surface area contributed by atoms with Gasteiger partial charge >= 0.3 is 5.88 Å². The van der Waals surface area contributed by atoms with Crippen molar-refractivity contribution in [3.63, 3.8) is 0 Å². The third-order valence-electron chi connectivity index (χ3n) is 2.59. The molecule has 124 valence electrons. The Labute approximate surface area is 133 Å². The number of nitro benzene ring substituents is 1. The van der Waals surface area contributed by atoms with Crippen LogP contribution in [0.3, 0.4) is 0 Å². The summed E-state index contributed by atoms with van der Waals surface area (Å²) < 4.78 is 9.92. The highest BCUT2D eigenvalue weighted by atomic mass is 16.6. The Morgan fingerprint density at radius 3 is 2.46 bits per heavy atom. The van der Waals surface area contributed by atoms with Gasteiger partial charge in [-0.05, 0) is 18.2 Å². The number of hydrogen-bond acceptors (Lipinski definition) is 8. The molecule has 0 aliphatic carbocycles. The molecule has 0 atom stereocenters. The minimum absolute atomic E-state index is 0.0936. The molecule has 0 radical (unpaired) electrons. The maximum absolute atomic E-state index is 11.5. The lowest BCUT2D eigenvalue weighted by Gasteiger charge is -2.04. The van der Waals surface area contributed by atoms with Gasteiger partial charge in [-0.25, -0.2) is 5.43 Å². The smallest absolute Gasteiger partial charge is 0.433 e. The van der Waals surface area contributed by atoms with E-state index in [0.717, 1.165) is 12.3 Å². The van der Waals surface area contributed by atoms with E-state index in [-0.39, 0.29) is 23.8 Å². The summed E-state index contributed by atoms with van der Waals surface area (Å²) in [5.74, 6) is -0.658. The molecule has 0 saturated heterocycles. The highest BCUT2D eigenvalue weighted by molar-refractivity contribution is 5.81. The highest BCUT2D eigenvalue weighted by Gasteiger charge is 2.10. The molecule has 24 heavy (non-hydrogen) atoms. The normalized spacial score (nSPS) is 10.5. The Kier molecular flexibility index (Phi) is 5.18. The minimum Gasteiger partial charge on any atom is -0.484 e.